The first-order valence-corrected chi connectivity index (χ1v) is 5.50. The zero-order valence-corrected chi connectivity index (χ0v) is 9.56. The normalized spacial score (nSPS) is 11.4. The van der Waals surface area contributed by atoms with E-state index < -0.39 is 0 Å². The second kappa shape index (κ2) is 4.55. The summed E-state index contributed by atoms with van der Waals surface area (Å²) < 4.78 is 5.17. The van der Waals surface area contributed by atoms with Gasteiger partial charge >= 0.3 is 5.97 Å². The van der Waals surface area contributed by atoms with Gasteiger partial charge in [0.15, 0.2) is 0 Å². The molecule has 0 unspecified atom stereocenters. The number of hydrogen-bond donors (Lipinski definition) is 0. The molecule has 0 aromatic carbocycles. The first-order valence-electron chi connectivity index (χ1n) is 4.56. The molecule has 1 aromatic rings. The van der Waals surface area contributed by atoms with Crippen LogP contribution in [0.4, 0.5) is 0 Å². The van der Waals surface area contributed by atoms with E-state index in [0.29, 0.717) is 12.8 Å². The summed E-state index contributed by atoms with van der Waals surface area (Å²) in [5, 5.41) is 1.95. The Balaban J connectivity index is 2.29. The number of aryl methyl sites for hydroxylation is 1. The summed E-state index contributed by atoms with van der Waals surface area (Å²) in [6, 6.07) is 0. The number of esters is 1. The summed E-state index contributed by atoms with van der Waals surface area (Å²) in [7, 11) is 0. The minimum absolute atomic E-state index is 0.162. The molecule has 78 valence electrons. The number of thiazole rings is 1. The quantitative estimate of drug-likeness (QED) is 0.724. The third kappa shape index (κ3) is 4.37. The summed E-state index contributed by atoms with van der Waals surface area (Å²) in [4.78, 5) is 15.4. The van der Waals surface area contributed by atoms with Gasteiger partial charge in [0.05, 0.1) is 17.6 Å². The lowest BCUT2D eigenvalue weighted by molar-refractivity contribution is -0.154. The molecule has 0 atom stereocenters. The highest BCUT2D eigenvalue weighted by Crippen LogP contribution is 2.10. The number of carbonyl (C=O) groups is 1. The zero-order valence-electron chi connectivity index (χ0n) is 8.74. The van der Waals surface area contributed by atoms with E-state index >= 15 is 0 Å². The van der Waals surface area contributed by atoms with Crippen LogP contribution in [0.3, 0.4) is 0 Å². The van der Waals surface area contributed by atoms with Crippen molar-refractivity contribution in [1.82, 2.24) is 4.98 Å². The second-order valence-electron chi connectivity index (χ2n) is 4.07. The number of rotatable bonds is 3. The summed E-state index contributed by atoms with van der Waals surface area (Å²) >= 11 is 1.54. The lowest BCUT2D eigenvalue weighted by Crippen LogP contribution is -2.24. The molecule has 14 heavy (non-hydrogen) atoms. The highest BCUT2D eigenvalue weighted by molar-refractivity contribution is 7.07. The van der Waals surface area contributed by atoms with Crippen LogP contribution in [0.15, 0.2) is 10.9 Å². The maximum Gasteiger partial charge on any atom is 0.306 e. The predicted molar refractivity (Wildman–Crippen MR) is 56.3 cm³/mol. The Morgan fingerprint density at radius 1 is 1.57 bits per heavy atom. The molecular weight excluding hydrogens is 198 g/mol. The summed E-state index contributed by atoms with van der Waals surface area (Å²) in [5.41, 5.74) is 2.34. The van der Waals surface area contributed by atoms with Gasteiger partial charge in [-0.3, -0.25) is 4.79 Å². The van der Waals surface area contributed by atoms with Crippen molar-refractivity contribution in [2.75, 3.05) is 0 Å². The van der Waals surface area contributed by atoms with Gasteiger partial charge in [-0.15, -0.1) is 11.3 Å². The molecule has 1 heterocycles. The molecule has 0 amide bonds. The Morgan fingerprint density at radius 3 is 2.79 bits per heavy atom. The first kappa shape index (κ1) is 11.2. The number of ether oxygens (including phenoxy) is 1. The van der Waals surface area contributed by atoms with Gasteiger partial charge < -0.3 is 4.74 Å². The van der Waals surface area contributed by atoms with Gasteiger partial charge in [-0.1, -0.05) is 0 Å². The molecule has 0 radical (unpaired) electrons. The highest BCUT2D eigenvalue weighted by Gasteiger charge is 2.15. The first-order chi connectivity index (χ1) is 6.47. The van der Waals surface area contributed by atoms with E-state index in [1.165, 1.54) is 0 Å². The van der Waals surface area contributed by atoms with Crippen molar-refractivity contribution in [3.63, 3.8) is 0 Å². The number of nitrogens with zero attached hydrogens (tertiary/aromatic N) is 1. The summed E-state index contributed by atoms with van der Waals surface area (Å²) in [6.07, 6.45) is 1.07. The Labute approximate surface area is 88.1 Å². The van der Waals surface area contributed by atoms with Crippen molar-refractivity contribution in [1.29, 1.82) is 0 Å². The average molecular weight is 213 g/mol. The molecule has 0 aliphatic rings. The molecular formula is C10H15NO2S. The van der Waals surface area contributed by atoms with Crippen LogP contribution in [-0.4, -0.2) is 16.6 Å². The van der Waals surface area contributed by atoms with Crippen molar-refractivity contribution in [2.45, 2.75) is 39.2 Å². The Kier molecular flexibility index (Phi) is 3.63. The van der Waals surface area contributed by atoms with E-state index in [1.807, 2.05) is 26.2 Å². The lowest BCUT2D eigenvalue weighted by atomic mass is 10.2. The topological polar surface area (TPSA) is 39.2 Å². The monoisotopic (exact) mass is 213 g/mol. The van der Waals surface area contributed by atoms with Crippen LogP contribution in [0.1, 0.15) is 32.9 Å². The smallest absolute Gasteiger partial charge is 0.306 e. The van der Waals surface area contributed by atoms with Crippen LogP contribution in [0.2, 0.25) is 0 Å². The maximum atomic E-state index is 11.3. The lowest BCUT2D eigenvalue weighted by Gasteiger charge is -2.19. The third-order valence-electron chi connectivity index (χ3n) is 1.49. The highest BCUT2D eigenvalue weighted by atomic mass is 32.1. The molecule has 0 aliphatic heterocycles. The second-order valence-corrected chi connectivity index (χ2v) is 4.78. The molecule has 1 aromatic heterocycles. The minimum Gasteiger partial charge on any atom is -0.460 e. The standard InChI is InChI=1S/C10H15NO2S/c1-10(2,3)13-9(12)5-4-8-6-14-7-11-8/h6-7H,4-5H2,1-3H3. The molecule has 4 heteroatoms. The van der Waals surface area contributed by atoms with Gasteiger partial charge in [0.1, 0.15) is 5.60 Å². The maximum absolute atomic E-state index is 11.3. The van der Waals surface area contributed by atoms with Crippen molar-refractivity contribution in [2.24, 2.45) is 0 Å². The molecule has 0 aliphatic carbocycles. The molecule has 0 N–H and O–H groups in total. The summed E-state index contributed by atoms with van der Waals surface area (Å²) in [5.74, 6) is -0.162. The van der Waals surface area contributed by atoms with Crippen molar-refractivity contribution in [3.05, 3.63) is 16.6 Å². The molecule has 0 fully saturated rings. The van der Waals surface area contributed by atoms with Gasteiger partial charge in [0.2, 0.25) is 0 Å². The van der Waals surface area contributed by atoms with E-state index in [-0.39, 0.29) is 11.6 Å². The molecule has 0 spiro atoms. The summed E-state index contributed by atoms with van der Waals surface area (Å²) in [6.45, 7) is 5.61. The van der Waals surface area contributed by atoms with Gasteiger partial charge in [-0.05, 0) is 20.8 Å². The molecule has 0 saturated heterocycles. The third-order valence-corrected chi connectivity index (χ3v) is 2.12. The van der Waals surface area contributed by atoms with E-state index in [9.17, 15) is 4.79 Å². The SMILES string of the molecule is CC(C)(C)OC(=O)CCc1cscn1. The van der Waals surface area contributed by atoms with Crippen LogP contribution in [-0.2, 0) is 16.0 Å². The van der Waals surface area contributed by atoms with Crippen LogP contribution < -0.4 is 0 Å². The molecule has 3 nitrogen and oxygen atoms in total. The van der Waals surface area contributed by atoms with Crippen molar-refractivity contribution >= 4 is 17.3 Å². The zero-order chi connectivity index (χ0) is 10.6. The molecule has 1 rings (SSSR count). The van der Waals surface area contributed by atoms with Crippen molar-refractivity contribution in [3.8, 4) is 0 Å². The van der Waals surface area contributed by atoms with Crippen LogP contribution in [0.5, 0.6) is 0 Å². The van der Waals surface area contributed by atoms with Crippen LogP contribution >= 0.6 is 11.3 Å². The fraction of sp³-hybridized carbons (Fsp3) is 0.600. The van der Waals surface area contributed by atoms with Gasteiger partial charge in [0.25, 0.3) is 0 Å². The van der Waals surface area contributed by atoms with E-state index in [0.717, 1.165) is 5.69 Å². The number of aromatic nitrogens is 1. The average Bonchev–Trinajstić information content (AvgIpc) is 2.49. The molecule has 0 bridgehead atoms. The van der Waals surface area contributed by atoms with E-state index in [4.69, 9.17) is 4.74 Å². The predicted octanol–water partition coefficient (Wildman–Crippen LogP) is 2.42. The van der Waals surface area contributed by atoms with Crippen LogP contribution in [0, 0.1) is 0 Å². The largest absolute Gasteiger partial charge is 0.460 e. The van der Waals surface area contributed by atoms with Crippen LogP contribution in [0.25, 0.3) is 0 Å². The van der Waals surface area contributed by atoms with Gasteiger partial charge in [-0.2, -0.15) is 0 Å². The van der Waals surface area contributed by atoms with Gasteiger partial charge in [-0.25, -0.2) is 4.98 Å². The molecule has 0 saturated carbocycles. The Hall–Kier alpha value is -0.900. The minimum atomic E-state index is -0.390. The Morgan fingerprint density at radius 2 is 2.29 bits per heavy atom. The fourth-order valence-corrected chi connectivity index (χ4v) is 1.58. The number of carbonyl (C=O) groups excluding carboxylic acids is 1. The Bertz CT molecular complexity index is 288. The van der Waals surface area contributed by atoms with Crippen molar-refractivity contribution < 1.29 is 9.53 Å². The van der Waals surface area contributed by atoms with E-state index in [2.05, 4.69) is 4.98 Å². The fourth-order valence-electron chi connectivity index (χ4n) is 0.984. The van der Waals surface area contributed by atoms with Gasteiger partial charge in [0, 0.05) is 11.8 Å². The number of hydrogen-bond acceptors (Lipinski definition) is 4. The van der Waals surface area contributed by atoms with E-state index in [1.54, 1.807) is 16.8 Å².